The summed E-state index contributed by atoms with van der Waals surface area (Å²) in [4.78, 5) is 22.6. The van der Waals surface area contributed by atoms with Crippen LogP contribution in [0.15, 0.2) is 30.5 Å². The van der Waals surface area contributed by atoms with E-state index in [-0.39, 0.29) is 6.42 Å². The number of para-hydroxylation sites is 1. The smallest absolute Gasteiger partial charge is 0.328 e. The molecule has 1 aromatic heterocycles. The number of carboxylic acid groups (broad SMARTS) is 1. The fourth-order valence-electron chi connectivity index (χ4n) is 2.17. The van der Waals surface area contributed by atoms with Crippen molar-refractivity contribution in [1.29, 1.82) is 0 Å². The first-order valence-electron chi connectivity index (χ1n) is 6.19. The third-order valence-corrected chi connectivity index (χ3v) is 3.15. The van der Waals surface area contributed by atoms with Crippen molar-refractivity contribution in [3.05, 3.63) is 36.0 Å². The van der Waals surface area contributed by atoms with Crippen molar-refractivity contribution in [3.63, 3.8) is 0 Å². The number of nitrogens with zero attached hydrogens (tertiary/aromatic N) is 1. The molecule has 0 spiro atoms. The molecule has 1 amide bonds. The molecule has 6 heteroatoms. The van der Waals surface area contributed by atoms with Gasteiger partial charge in [0.15, 0.2) is 0 Å². The Bertz CT molecular complexity index is 648. The lowest BCUT2D eigenvalue weighted by Gasteiger charge is -2.11. The van der Waals surface area contributed by atoms with E-state index in [1.54, 1.807) is 0 Å². The molecule has 0 aliphatic carbocycles. The van der Waals surface area contributed by atoms with Gasteiger partial charge in [-0.1, -0.05) is 18.2 Å². The van der Waals surface area contributed by atoms with Gasteiger partial charge in [0, 0.05) is 24.1 Å². The molecule has 1 unspecified atom stereocenters. The molecule has 0 bridgehead atoms. The van der Waals surface area contributed by atoms with Crippen LogP contribution in [-0.2, 0) is 23.1 Å². The molecule has 6 nitrogen and oxygen atoms in total. The highest BCUT2D eigenvalue weighted by molar-refractivity contribution is 5.90. The van der Waals surface area contributed by atoms with Gasteiger partial charge in [-0.05, 0) is 11.6 Å². The molecular formula is C14H16N2O4. The van der Waals surface area contributed by atoms with Crippen LogP contribution in [0, 0.1) is 0 Å². The highest BCUT2D eigenvalue weighted by Gasteiger charge is 2.19. The Morgan fingerprint density at radius 3 is 2.70 bits per heavy atom. The Balaban J connectivity index is 2.16. The topological polar surface area (TPSA) is 91.6 Å². The number of nitrogens with one attached hydrogen (secondary N) is 1. The predicted octanol–water partition coefficient (Wildman–Crippen LogP) is 0.282. The third-order valence-electron chi connectivity index (χ3n) is 3.15. The quantitative estimate of drug-likeness (QED) is 0.731. The number of aryl methyl sites for hydroxylation is 1. The molecule has 106 valence electrons. The molecule has 0 saturated heterocycles. The Labute approximate surface area is 115 Å². The van der Waals surface area contributed by atoms with Gasteiger partial charge in [-0.2, -0.15) is 0 Å². The van der Waals surface area contributed by atoms with Crippen molar-refractivity contribution in [1.82, 2.24) is 9.88 Å². The number of benzene rings is 1. The summed E-state index contributed by atoms with van der Waals surface area (Å²) in [5, 5.41) is 20.9. The maximum absolute atomic E-state index is 11.8. The average molecular weight is 276 g/mol. The molecule has 0 saturated carbocycles. The summed E-state index contributed by atoms with van der Waals surface area (Å²) >= 11 is 0. The van der Waals surface area contributed by atoms with Crippen LogP contribution in [0.2, 0.25) is 0 Å². The van der Waals surface area contributed by atoms with Gasteiger partial charge >= 0.3 is 5.97 Å². The van der Waals surface area contributed by atoms with Gasteiger partial charge in [0.1, 0.15) is 6.04 Å². The first-order valence-corrected chi connectivity index (χ1v) is 6.19. The van der Waals surface area contributed by atoms with Gasteiger partial charge in [0.25, 0.3) is 0 Å². The minimum absolute atomic E-state index is 0.0745. The van der Waals surface area contributed by atoms with E-state index in [1.807, 2.05) is 42.1 Å². The molecule has 0 aliphatic heterocycles. The van der Waals surface area contributed by atoms with Gasteiger partial charge in [-0.15, -0.1) is 0 Å². The van der Waals surface area contributed by atoms with E-state index in [9.17, 15) is 9.59 Å². The van der Waals surface area contributed by atoms with E-state index in [4.69, 9.17) is 10.2 Å². The second kappa shape index (κ2) is 5.75. The number of aliphatic hydroxyl groups excluding tert-OH is 1. The summed E-state index contributed by atoms with van der Waals surface area (Å²) in [5.41, 5.74) is 1.83. The summed E-state index contributed by atoms with van der Waals surface area (Å²) in [6.07, 6.45) is 1.92. The van der Waals surface area contributed by atoms with Crippen molar-refractivity contribution in [2.75, 3.05) is 6.61 Å². The minimum Gasteiger partial charge on any atom is -0.480 e. The van der Waals surface area contributed by atoms with Crippen molar-refractivity contribution in [2.45, 2.75) is 12.5 Å². The minimum atomic E-state index is -1.27. The van der Waals surface area contributed by atoms with Crippen LogP contribution in [0.3, 0.4) is 0 Å². The molecule has 20 heavy (non-hydrogen) atoms. The van der Waals surface area contributed by atoms with Crippen LogP contribution in [-0.4, -0.2) is 39.3 Å². The van der Waals surface area contributed by atoms with E-state index in [1.165, 1.54) is 0 Å². The molecule has 0 fully saturated rings. The summed E-state index contributed by atoms with van der Waals surface area (Å²) in [6, 6.07) is 6.40. The Morgan fingerprint density at radius 2 is 2.05 bits per heavy atom. The zero-order chi connectivity index (χ0) is 14.7. The summed E-state index contributed by atoms with van der Waals surface area (Å²) < 4.78 is 1.92. The Kier molecular flexibility index (Phi) is 4.05. The van der Waals surface area contributed by atoms with Crippen LogP contribution in [0.25, 0.3) is 10.9 Å². The summed E-state index contributed by atoms with van der Waals surface area (Å²) in [7, 11) is 1.89. The lowest BCUT2D eigenvalue weighted by atomic mass is 10.1. The monoisotopic (exact) mass is 276 g/mol. The van der Waals surface area contributed by atoms with E-state index in [0.717, 1.165) is 16.5 Å². The lowest BCUT2D eigenvalue weighted by molar-refractivity contribution is -0.142. The number of hydrogen-bond acceptors (Lipinski definition) is 3. The second-order valence-corrected chi connectivity index (χ2v) is 4.60. The van der Waals surface area contributed by atoms with Crippen LogP contribution in [0.5, 0.6) is 0 Å². The number of amides is 1. The SMILES string of the molecule is Cn1cc(CC(=O)NC(CO)C(=O)O)c2ccccc21. The maximum atomic E-state index is 11.8. The summed E-state index contributed by atoms with van der Waals surface area (Å²) in [5.74, 6) is -1.68. The fourth-order valence-corrected chi connectivity index (χ4v) is 2.17. The molecule has 1 atom stereocenters. The predicted molar refractivity (Wildman–Crippen MR) is 73.3 cm³/mol. The van der Waals surface area contributed by atoms with E-state index in [0.29, 0.717) is 0 Å². The largest absolute Gasteiger partial charge is 0.480 e. The van der Waals surface area contributed by atoms with Crippen molar-refractivity contribution in [3.8, 4) is 0 Å². The highest BCUT2D eigenvalue weighted by atomic mass is 16.4. The number of carbonyl (C=O) groups excluding carboxylic acids is 1. The summed E-state index contributed by atoms with van der Waals surface area (Å²) in [6.45, 7) is -0.628. The molecule has 0 radical (unpaired) electrons. The van der Waals surface area contributed by atoms with E-state index >= 15 is 0 Å². The highest BCUT2D eigenvalue weighted by Crippen LogP contribution is 2.20. The van der Waals surface area contributed by atoms with Gasteiger partial charge < -0.3 is 20.1 Å². The Morgan fingerprint density at radius 1 is 1.35 bits per heavy atom. The molecule has 1 heterocycles. The zero-order valence-corrected chi connectivity index (χ0v) is 11.0. The molecule has 0 aliphatic rings. The normalized spacial score (nSPS) is 12.3. The number of aromatic nitrogens is 1. The van der Waals surface area contributed by atoms with Crippen LogP contribution < -0.4 is 5.32 Å². The van der Waals surface area contributed by atoms with Crippen LogP contribution in [0.4, 0.5) is 0 Å². The fraction of sp³-hybridized carbons (Fsp3) is 0.286. The zero-order valence-electron chi connectivity index (χ0n) is 11.0. The average Bonchev–Trinajstić information content (AvgIpc) is 2.73. The van der Waals surface area contributed by atoms with Gasteiger partial charge in [0.05, 0.1) is 13.0 Å². The van der Waals surface area contributed by atoms with Crippen molar-refractivity contribution in [2.24, 2.45) is 7.05 Å². The number of rotatable bonds is 5. The molecular weight excluding hydrogens is 260 g/mol. The number of aliphatic hydroxyl groups is 1. The lowest BCUT2D eigenvalue weighted by Crippen LogP contribution is -2.43. The van der Waals surface area contributed by atoms with Gasteiger partial charge in [0.2, 0.25) is 5.91 Å². The first-order chi connectivity index (χ1) is 9.52. The molecule has 2 rings (SSSR count). The number of carboxylic acids is 1. The number of carbonyl (C=O) groups is 2. The van der Waals surface area contributed by atoms with Crippen molar-refractivity contribution < 1.29 is 19.8 Å². The molecule has 1 aromatic carbocycles. The van der Waals surface area contributed by atoms with Gasteiger partial charge in [-0.25, -0.2) is 4.79 Å². The first kappa shape index (κ1) is 14.1. The van der Waals surface area contributed by atoms with Gasteiger partial charge in [-0.3, -0.25) is 4.79 Å². The molecule has 3 N–H and O–H groups in total. The van der Waals surface area contributed by atoms with Crippen molar-refractivity contribution >= 4 is 22.8 Å². The Hall–Kier alpha value is -2.34. The van der Waals surface area contributed by atoms with Crippen LogP contribution >= 0.6 is 0 Å². The van der Waals surface area contributed by atoms with E-state index in [2.05, 4.69) is 5.32 Å². The standard InChI is InChI=1S/C14H16N2O4/c1-16-7-9(10-4-2-3-5-12(10)16)6-13(18)15-11(8-17)14(19)20/h2-5,7,11,17H,6,8H2,1H3,(H,15,18)(H,19,20). The second-order valence-electron chi connectivity index (χ2n) is 4.60. The third kappa shape index (κ3) is 2.80. The number of aliphatic carboxylic acids is 1. The maximum Gasteiger partial charge on any atom is 0.328 e. The molecule has 2 aromatic rings. The van der Waals surface area contributed by atoms with Crippen LogP contribution in [0.1, 0.15) is 5.56 Å². The van der Waals surface area contributed by atoms with E-state index < -0.39 is 24.5 Å². The number of fused-ring (bicyclic) bond motifs is 1. The number of hydrogen-bond donors (Lipinski definition) is 3.